The van der Waals surface area contributed by atoms with E-state index in [4.69, 9.17) is 5.11 Å². The smallest absolute Gasteiger partial charge is 0.352 e. The van der Waals surface area contributed by atoms with Gasteiger partial charge in [0.25, 0.3) is 0 Å². The third kappa shape index (κ3) is 3.23. The Morgan fingerprint density at radius 1 is 1.47 bits per heavy atom. The van der Waals surface area contributed by atoms with Crippen molar-refractivity contribution in [2.75, 3.05) is 0 Å². The van der Waals surface area contributed by atoms with E-state index in [1.54, 1.807) is 0 Å². The molecule has 0 amide bonds. The molecule has 4 nitrogen and oxygen atoms in total. The second-order valence-corrected chi connectivity index (χ2v) is 3.96. The fraction of sp³-hybridized carbons (Fsp3) is 0.455. The van der Waals surface area contributed by atoms with Gasteiger partial charge in [-0.2, -0.15) is 0 Å². The van der Waals surface area contributed by atoms with Crippen LogP contribution in [0.2, 0.25) is 0 Å². The van der Waals surface area contributed by atoms with Crippen molar-refractivity contribution in [3.8, 4) is 0 Å². The van der Waals surface area contributed by atoms with Gasteiger partial charge in [0.05, 0.1) is 0 Å². The molecule has 0 unspecified atom stereocenters. The van der Waals surface area contributed by atoms with E-state index in [0.717, 1.165) is 6.42 Å². The molecule has 1 rings (SSSR count). The molecule has 1 aromatic rings. The van der Waals surface area contributed by atoms with Crippen LogP contribution in [-0.4, -0.2) is 21.8 Å². The number of rotatable bonds is 5. The van der Waals surface area contributed by atoms with E-state index in [2.05, 4.69) is 4.98 Å². The van der Waals surface area contributed by atoms with Crippen molar-refractivity contribution in [1.29, 1.82) is 0 Å². The molecule has 0 aliphatic carbocycles. The number of ketones is 1. The average molecular weight is 209 g/mol. The molecule has 0 aromatic carbocycles. The lowest BCUT2D eigenvalue weighted by Crippen LogP contribution is -2.00. The first-order valence-electron chi connectivity index (χ1n) is 4.95. The lowest BCUT2D eigenvalue weighted by molar-refractivity contribution is 0.0691. The molecule has 0 radical (unpaired) electrons. The second kappa shape index (κ2) is 4.77. The van der Waals surface area contributed by atoms with Crippen molar-refractivity contribution >= 4 is 11.8 Å². The Balaban J connectivity index is 2.62. The van der Waals surface area contributed by atoms with Gasteiger partial charge in [-0.15, -0.1) is 0 Å². The SMILES string of the molecule is CC(C)CCC(=O)c1c[nH]c(C(=O)O)c1. The molecule has 2 N–H and O–H groups in total. The third-order valence-electron chi connectivity index (χ3n) is 2.18. The molecule has 0 aliphatic rings. The molecule has 0 saturated heterocycles. The van der Waals surface area contributed by atoms with Crippen molar-refractivity contribution in [3.05, 3.63) is 23.5 Å². The zero-order valence-electron chi connectivity index (χ0n) is 8.91. The van der Waals surface area contributed by atoms with E-state index >= 15 is 0 Å². The van der Waals surface area contributed by atoms with Crippen LogP contribution in [-0.2, 0) is 0 Å². The summed E-state index contributed by atoms with van der Waals surface area (Å²) in [4.78, 5) is 24.7. The number of aromatic carboxylic acids is 1. The van der Waals surface area contributed by atoms with Gasteiger partial charge in [0.15, 0.2) is 5.78 Å². The molecule has 4 heteroatoms. The average Bonchev–Trinajstić information content (AvgIpc) is 2.62. The largest absolute Gasteiger partial charge is 0.477 e. The molecule has 0 aliphatic heterocycles. The van der Waals surface area contributed by atoms with E-state index < -0.39 is 5.97 Å². The summed E-state index contributed by atoms with van der Waals surface area (Å²) in [5, 5.41) is 8.66. The maximum atomic E-state index is 11.6. The number of hydrogen-bond donors (Lipinski definition) is 2. The molecule has 0 saturated carbocycles. The van der Waals surface area contributed by atoms with Crippen LogP contribution in [0.5, 0.6) is 0 Å². The highest BCUT2D eigenvalue weighted by molar-refractivity contribution is 5.98. The monoisotopic (exact) mass is 209 g/mol. The molecule has 0 bridgehead atoms. The highest BCUT2D eigenvalue weighted by atomic mass is 16.4. The van der Waals surface area contributed by atoms with Crippen molar-refractivity contribution in [2.45, 2.75) is 26.7 Å². The molecular weight excluding hydrogens is 194 g/mol. The van der Waals surface area contributed by atoms with Gasteiger partial charge < -0.3 is 10.1 Å². The number of aromatic amines is 1. The van der Waals surface area contributed by atoms with Crippen molar-refractivity contribution < 1.29 is 14.7 Å². The summed E-state index contributed by atoms with van der Waals surface area (Å²) < 4.78 is 0. The van der Waals surface area contributed by atoms with Crippen molar-refractivity contribution in [2.24, 2.45) is 5.92 Å². The van der Waals surface area contributed by atoms with E-state index in [-0.39, 0.29) is 11.5 Å². The van der Waals surface area contributed by atoms with Gasteiger partial charge >= 0.3 is 5.97 Å². The highest BCUT2D eigenvalue weighted by Gasteiger charge is 2.12. The first-order chi connectivity index (χ1) is 7.00. The van der Waals surface area contributed by atoms with Gasteiger partial charge in [-0.25, -0.2) is 4.79 Å². The predicted octanol–water partition coefficient (Wildman–Crippen LogP) is 2.33. The van der Waals surface area contributed by atoms with Crippen molar-refractivity contribution in [3.63, 3.8) is 0 Å². The molecule has 0 fully saturated rings. The van der Waals surface area contributed by atoms with Crippen LogP contribution >= 0.6 is 0 Å². The van der Waals surface area contributed by atoms with Gasteiger partial charge in [0, 0.05) is 18.2 Å². The molecule has 82 valence electrons. The maximum Gasteiger partial charge on any atom is 0.352 e. The first-order valence-corrected chi connectivity index (χ1v) is 4.95. The minimum atomic E-state index is -1.04. The van der Waals surface area contributed by atoms with Gasteiger partial charge in [-0.05, 0) is 18.4 Å². The molecule has 0 atom stereocenters. The molecule has 1 heterocycles. The van der Waals surface area contributed by atoms with Crippen LogP contribution in [0.15, 0.2) is 12.3 Å². The summed E-state index contributed by atoms with van der Waals surface area (Å²) in [5.74, 6) is -0.572. The number of aromatic nitrogens is 1. The van der Waals surface area contributed by atoms with Gasteiger partial charge in [-0.1, -0.05) is 13.8 Å². The lowest BCUT2D eigenvalue weighted by atomic mass is 10.0. The quantitative estimate of drug-likeness (QED) is 0.731. The molecule has 0 spiro atoms. The maximum absolute atomic E-state index is 11.6. The van der Waals surface area contributed by atoms with Crippen LogP contribution in [0.3, 0.4) is 0 Å². The zero-order valence-corrected chi connectivity index (χ0v) is 8.91. The van der Waals surface area contributed by atoms with E-state index in [0.29, 0.717) is 17.9 Å². The first kappa shape index (κ1) is 11.5. The Kier molecular flexibility index (Phi) is 3.66. The number of carbonyl (C=O) groups is 2. The number of nitrogens with one attached hydrogen (secondary N) is 1. The highest BCUT2D eigenvalue weighted by Crippen LogP contribution is 2.11. The normalized spacial score (nSPS) is 10.6. The standard InChI is InChI=1S/C11H15NO3/c1-7(2)3-4-10(13)8-5-9(11(14)15)12-6-8/h5-7,12H,3-4H2,1-2H3,(H,14,15). The number of hydrogen-bond acceptors (Lipinski definition) is 2. The minimum absolute atomic E-state index is 0.00699. The Bertz CT molecular complexity index is 366. The molecule has 1 aromatic heterocycles. The van der Waals surface area contributed by atoms with Crippen LogP contribution in [0, 0.1) is 5.92 Å². The van der Waals surface area contributed by atoms with Gasteiger partial charge in [-0.3, -0.25) is 4.79 Å². The summed E-state index contributed by atoms with van der Waals surface area (Å²) in [5.41, 5.74) is 0.510. The number of H-pyrrole nitrogens is 1. The van der Waals surface area contributed by atoms with Crippen LogP contribution in [0.1, 0.15) is 47.5 Å². The number of carboxylic acids is 1. The second-order valence-electron chi connectivity index (χ2n) is 3.96. The zero-order chi connectivity index (χ0) is 11.4. The topological polar surface area (TPSA) is 70.2 Å². The molecule has 15 heavy (non-hydrogen) atoms. The minimum Gasteiger partial charge on any atom is -0.477 e. The summed E-state index contributed by atoms with van der Waals surface area (Å²) in [6.45, 7) is 4.10. The fourth-order valence-electron chi connectivity index (χ4n) is 1.24. The summed E-state index contributed by atoms with van der Waals surface area (Å²) in [6, 6.07) is 1.38. The van der Waals surface area contributed by atoms with Crippen LogP contribution in [0.4, 0.5) is 0 Å². The third-order valence-corrected chi connectivity index (χ3v) is 2.18. The number of carbonyl (C=O) groups excluding carboxylic acids is 1. The fourth-order valence-corrected chi connectivity index (χ4v) is 1.24. The predicted molar refractivity (Wildman–Crippen MR) is 56.2 cm³/mol. The number of Topliss-reactive ketones (excluding diaryl/α,β-unsaturated/α-hetero) is 1. The Labute approximate surface area is 88.3 Å². The Morgan fingerprint density at radius 2 is 2.13 bits per heavy atom. The molecular formula is C11H15NO3. The van der Waals surface area contributed by atoms with Crippen molar-refractivity contribution in [1.82, 2.24) is 4.98 Å². The van der Waals surface area contributed by atoms with E-state index in [1.165, 1.54) is 12.3 Å². The van der Waals surface area contributed by atoms with Crippen LogP contribution < -0.4 is 0 Å². The van der Waals surface area contributed by atoms with E-state index in [9.17, 15) is 9.59 Å². The van der Waals surface area contributed by atoms with Crippen LogP contribution in [0.25, 0.3) is 0 Å². The number of carboxylic acid groups (broad SMARTS) is 1. The van der Waals surface area contributed by atoms with Gasteiger partial charge in [0.2, 0.25) is 0 Å². The summed E-state index contributed by atoms with van der Waals surface area (Å²) in [6.07, 6.45) is 2.74. The summed E-state index contributed by atoms with van der Waals surface area (Å²) in [7, 11) is 0. The van der Waals surface area contributed by atoms with E-state index in [1.807, 2.05) is 13.8 Å². The summed E-state index contributed by atoms with van der Waals surface area (Å²) >= 11 is 0. The van der Waals surface area contributed by atoms with Gasteiger partial charge in [0.1, 0.15) is 5.69 Å². The Hall–Kier alpha value is -1.58. The lowest BCUT2D eigenvalue weighted by Gasteiger charge is -2.01. The Morgan fingerprint density at radius 3 is 2.60 bits per heavy atom.